The first kappa shape index (κ1) is 14.9. The minimum atomic E-state index is -2.96. The predicted octanol–water partition coefficient (Wildman–Crippen LogP) is 2.40. The Labute approximate surface area is 130 Å². The van der Waals surface area contributed by atoms with Crippen molar-refractivity contribution in [3.05, 3.63) is 29.3 Å². The van der Waals surface area contributed by atoms with Gasteiger partial charge in [0.1, 0.15) is 0 Å². The first-order valence-corrected chi connectivity index (χ1v) is 9.99. The van der Waals surface area contributed by atoms with Crippen molar-refractivity contribution in [3.8, 4) is 0 Å². The van der Waals surface area contributed by atoms with Crippen LogP contribution in [0.3, 0.4) is 0 Å². The van der Waals surface area contributed by atoms with Gasteiger partial charge in [0.05, 0.1) is 23.6 Å². The van der Waals surface area contributed by atoms with Crippen LogP contribution in [0.4, 0.5) is 5.69 Å². The molecule has 2 heterocycles. The number of thioether (sulfide) groups is 1. The number of aliphatic imine (C=N–C) groups is 1. The largest absolute Gasteiger partial charge is 0.315 e. The van der Waals surface area contributed by atoms with Crippen LogP contribution in [0.5, 0.6) is 0 Å². The molecule has 0 bridgehead atoms. The van der Waals surface area contributed by atoms with E-state index in [-0.39, 0.29) is 23.6 Å². The Balaban J connectivity index is 2.01. The number of hydrogen-bond donors (Lipinski definition) is 0. The molecule has 0 aliphatic carbocycles. The summed E-state index contributed by atoms with van der Waals surface area (Å²) in [7, 11) is -2.96. The van der Waals surface area contributed by atoms with Gasteiger partial charge in [-0.2, -0.15) is 0 Å². The lowest BCUT2D eigenvalue weighted by Gasteiger charge is -2.27. The Morgan fingerprint density at radius 1 is 1.29 bits per heavy atom. The average Bonchev–Trinajstić information content (AvgIpc) is 2.85. The zero-order valence-electron chi connectivity index (χ0n) is 12.5. The van der Waals surface area contributed by atoms with Gasteiger partial charge in [-0.3, -0.25) is 4.99 Å². The van der Waals surface area contributed by atoms with Gasteiger partial charge in [0.25, 0.3) is 0 Å². The first-order chi connectivity index (χ1) is 9.91. The normalized spacial score (nSPS) is 26.8. The van der Waals surface area contributed by atoms with Crippen LogP contribution in [0.1, 0.15) is 18.1 Å². The Morgan fingerprint density at radius 2 is 2.05 bits per heavy atom. The summed E-state index contributed by atoms with van der Waals surface area (Å²) < 4.78 is 23.8. The van der Waals surface area contributed by atoms with Crippen molar-refractivity contribution in [1.29, 1.82) is 0 Å². The topological polar surface area (TPSA) is 49.7 Å². The summed E-state index contributed by atoms with van der Waals surface area (Å²) in [5, 5.41) is 0.964. The third kappa shape index (κ3) is 2.71. The molecule has 2 atom stereocenters. The molecule has 1 aromatic rings. The molecule has 1 fully saturated rings. The standard InChI is InChI=1S/C15H20N2O2S2/c1-4-20-15-16-13-8-21(18,19)9-14(13)17(15)12-6-5-10(2)11(3)7-12/h5-7,13-14H,4,8-9H2,1-3H3/t13-,14+/m1/s1. The molecule has 1 saturated heterocycles. The summed E-state index contributed by atoms with van der Waals surface area (Å²) >= 11 is 1.69. The number of nitrogens with zero attached hydrogens (tertiary/aromatic N) is 2. The van der Waals surface area contributed by atoms with Gasteiger partial charge in [0, 0.05) is 5.69 Å². The number of amidine groups is 1. The van der Waals surface area contributed by atoms with E-state index >= 15 is 0 Å². The molecule has 0 aromatic heterocycles. The second kappa shape index (κ2) is 5.32. The van der Waals surface area contributed by atoms with Crippen molar-refractivity contribution >= 4 is 32.5 Å². The van der Waals surface area contributed by atoms with Gasteiger partial charge in [-0.05, 0) is 42.9 Å². The highest BCUT2D eigenvalue weighted by molar-refractivity contribution is 8.14. The predicted molar refractivity (Wildman–Crippen MR) is 90.2 cm³/mol. The molecule has 21 heavy (non-hydrogen) atoms. The van der Waals surface area contributed by atoms with E-state index in [1.54, 1.807) is 11.8 Å². The van der Waals surface area contributed by atoms with Gasteiger partial charge in [-0.25, -0.2) is 8.42 Å². The van der Waals surface area contributed by atoms with Gasteiger partial charge < -0.3 is 4.90 Å². The van der Waals surface area contributed by atoms with E-state index in [4.69, 9.17) is 0 Å². The molecule has 0 amide bonds. The summed E-state index contributed by atoms with van der Waals surface area (Å²) in [5.74, 6) is 1.33. The van der Waals surface area contributed by atoms with Crippen molar-refractivity contribution in [3.63, 3.8) is 0 Å². The van der Waals surface area contributed by atoms with Gasteiger partial charge in [0.15, 0.2) is 15.0 Å². The average molecular weight is 324 g/mol. The van der Waals surface area contributed by atoms with Gasteiger partial charge >= 0.3 is 0 Å². The molecule has 0 spiro atoms. The Bertz CT molecular complexity index is 698. The number of hydrogen-bond acceptors (Lipinski definition) is 5. The quantitative estimate of drug-likeness (QED) is 0.838. The Kier molecular flexibility index (Phi) is 3.78. The molecular weight excluding hydrogens is 304 g/mol. The maximum atomic E-state index is 11.9. The van der Waals surface area contributed by atoms with Crippen molar-refractivity contribution in [2.45, 2.75) is 32.9 Å². The lowest BCUT2D eigenvalue weighted by Crippen LogP contribution is -2.39. The lowest BCUT2D eigenvalue weighted by atomic mass is 10.1. The SMILES string of the molecule is CCSC1=N[C@@H]2CS(=O)(=O)C[C@@H]2N1c1ccc(C)c(C)c1. The molecule has 0 saturated carbocycles. The van der Waals surface area contributed by atoms with Gasteiger partial charge in [-0.1, -0.05) is 24.8 Å². The molecule has 2 aliphatic heterocycles. The fourth-order valence-electron chi connectivity index (χ4n) is 2.94. The van der Waals surface area contributed by atoms with Crippen LogP contribution >= 0.6 is 11.8 Å². The molecule has 1 aromatic carbocycles. The van der Waals surface area contributed by atoms with E-state index in [1.807, 2.05) is 0 Å². The monoisotopic (exact) mass is 324 g/mol. The second-order valence-electron chi connectivity index (χ2n) is 5.69. The fraction of sp³-hybridized carbons (Fsp3) is 0.533. The van der Waals surface area contributed by atoms with Crippen molar-refractivity contribution in [2.75, 3.05) is 22.2 Å². The van der Waals surface area contributed by atoms with Crippen molar-refractivity contribution in [1.82, 2.24) is 0 Å². The number of aryl methyl sites for hydroxylation is 2. The van der Waals surface area contributed by atoms with Crippen molar-refractivity contribution < 1.29 is 8.42 Å². The number of rotatable bonds is 2. The molecule has 3 rings (SSSR count). The smallest absolute Gasteiger partial charge is 0.164 e. The molecule has 0 N–H and O–H groups in total. The van der Waals surface area contributed by atoms with Crippen LogP contribution in [0.15, 0.2) is 23.2 Å². The molecule has 6 heteroatoms. The maximum absolute atomic E-state index is 11.9. The van der Waals surface area contributed by atoms with Crippen LogP contribution < -0.4 is 4.90 Å². The number of anilines is 1. The van der Waals surface area contributed by atoms with Crippen LogP contribution in [0.25, 0.3) is 0 Å². The van der Waals surface area contributed by atoms with E-state index in [0.29, 0.717) is 0 Å². The number of sulfone groups is 1. The van der Waals surface area contributed by atoms with Gasteiger partial charge in [-0.15, -0.1) is 0 Å². The zero-order valence-corrected chi connectivity index (χ0v) is 14.2. The molecular formula is C15H20N2O2S2. The number of fused-ring (bicyclic) bond motifs is 1. The van der Waals surface area contributed by atoms with Crippen molar-refractivity contribution in [2.24, 2.45) is 4.99 Å². The van der Waals surface area contributed by atoms with Gasteiger partial charge in [0.2, 0.25) is 0 Å². The third-order valence-electron chi connectivity index (χ3n) is 4.15. The Morgan fingerprint density at radius 3 is 2.71 bits per heavy atom. The first-order valence-electron chi connectivity index (χ1n) is 7.19. The molecule has 2 aliphatic rings. The van der Waals surface area contributed by atoms with E-state index < -0.39 is 9.84 Å². The zero-order chi connectivity index (χ0) is 15.2. The molecule has 0 unspecified atom stereocenters. The lowest BCUT2D eigenvalue weighted by molar-refractivity contribution is 0.601. The molecule has 114 valence electrons. The highest BCUT2D eigenvalue weighted by Crippen LogP contribution is 2.35. The minimum Gasteiger partial charge on any atom is -0.315 e. The highest BCUT2D eigenvalue weighted by Gasteiger charge is 2.47. The summed E-state index contributed by atoms with van der Waals surface area (Å²) in [5.41, 5.74) is 3.52. The van der Waals surface area contributed by atoms with Crippen LogP contribution in [-0.4, -0.2) is 42.9 Å². The minimum absolute atomic E-state index is 0.0360. The Hall–Kier alpha value is -1.01. The van der Waals surface area contributed by atoms with Crippen LogP contribution in [0, 0.1) is 13.8 Å². The summed E-state index contributed by atoms with van der Waals surface area (Å²) in [6.07, 6.45) is 0. The summed E-state index contributed by atoms with van der Waals surface area (Å²) in [6, 6.07) is 6.16. The van der Waals surface area contributed by atoms with E-state index in [1.165, 1.54) is 11.1 Å². The van der Waals surface area contributed by atoms with Crippen LogP contribution in [0.2, 0.25) is 0 Å². The second-order valence-corrected chi connectivity index (χ2v) is 9.08. The van der Waals surface area contributed by atoms with E-state index in [2.05, 4.69) is 48.9 Å². The maximum Gasteiger partial charge on any atom is 0.164 e. The van der Waals surface area contributed by atoms with E-state index in [9.17, 15) is 8.42 Å². The molecule has 0 radical (unpaired) electrons. The highest BCUT2D eigenvalue weighted by atomic mass is 32.2. The molecule has 4 nitrogen and oxygen atoms in total. The number of benzene rings is 1. The van der Waals surface area contributed by atoms with Crippen LogP contribution in [-0.2, 0) is 9.84 Å². The van der Waals surface area contributed by atoms with E-state index in [0.717, 1.165) is 16.6 Å². The fourth-order valence-corrected chi connectivity index (χ4v) is 5.63. The summed E-state index contributed by atoms with van der Waals surface area (Å²) in [6.45, 7) is 6.26. The third-order valence-corrected chi connectivity index (χ3v) is 6.70. The summed E-state index contributed by atoms with van der Waals surface area (Å²) in [4.78, 5) is 6.81.